The van der Waals surface area contributed by atoms with Crippen molar-refractivity contribution in [1.29, 1.82) is 0 Å². The van der Waals surface area contributed by atoms with Crippen molar-refractivity contribution in [3.63, 3.8) is 0 Å². The van der Waals surface area contributed by atoms with E-state index < -0.39 is 0 Å². The molecule has 3 aromatic rings. The first-order valence-corrected chi connectivity index (χ1v) is 9.39. The Labute approximate surface area is 157 Å². The number of aromatic nitrogens is 3. The first-order valence-electron chi connectivity index (χ1n) is 9.01. The van der Waals surface area contributed by atoms with Crippen LogP contribution in [-0.2, 0) is 0 Å². The van der Waals surface area contributed by atoms with Crippen LogP contribution in [0.3, 0.4) is 0 Å². The van der Waals surface area contributed by atoms with E-state index in [1.807, 2.05) is 0 Å². The fraction of sp³-hybridized carbons (Fsp3) is 0.300. The topological polar surface area (TPSA) is 46.0 Å². The molecule has 0 radical (unpaired) electrons. The molecule has 0 bridgehead atoms. The monoisotopic (exact) mass is 365 g/mol. The fourth-order valence-electron chi connectivity index (χ4n) is 4.19. The van der Waals surface area contributed by atoms with Crippen LogP contribution in [0.5, 0.6) is 0 Å². The molecular weight excluding hydrogens is 346 g/mol. The van der Waals surface area contributed by atoms with E-state index >= 15 is 0 Å². The standard InChI is InChI=1S/C20H20ClN5/c1-13-6-8-14(9-7-13)26-17(15-4-2-10-22-15)16-5-3-11-25(16)18-19(21)23-12-24-20(18)26/h3,5-9,11-12,15,17,22H,2,4,10H2,1H3/t15-,17-/m0/s1. The first kappa shape index (κ1) is 15.9. The number of aryl methyl sites for hydroxylation is 1. The second-order valence-corrected chi connectivity index (χ2v) is 7.35. The van der Waals surface area contributed by atoms with Crippen LogP contribution >= 0.6 is 11.6 Å². The van der Waals surface area contributed by atoms with Gasteiger partial charge in [-0.25, -0.2) is 9.97 Å². The lowest BCUT2D eigenvalue weighted by atomic mass is 9.97. The Morgan fingerprint density at radius 3 is 2.77 bits per heavy atom. The van der Waals surface area contributed by atoms with Crippen molar-refractivity contribution in [1.82, 2.24) is 19.9 Å². The molecule has 26 heavy (non-hydrogen) atoms. The molecule has 132 valence electrons. The number of halogens is 1. The van der Waals surface area contributed by atoms with E-state index in [9.17, 15) is 0 Å². The third-order valence-electron chi connectivity index (χ3n) is 5.38. The Morgan fingerprint density at radius 2 is 2.00 bits per heavy atom. The van der Waals surface area contributed by atoms with Crippen LogP contribution in [0.4, 0.5) is 11.5 Å². The molecule has 5 nitrogen and oxygen atoms in total. The summed E-state index contributed by atoms with van der Waals surface area (Å²) in [5.74, 6) is 0.858. The van der Waals surface area contributed by atoms with E-state index in [1.54, 1.807) is 6.33 Å². The second kappa shape index (κ2) is 6.11. The molecule has 0 unspecified atom stereocenters. The lowest BCUT2D eigenvalue weighted by molar-refractivity contribution is 0.468. The van der Waals surface area contributed by atoms with Crippen LogP contribution < -0.4 is 10.2 Å². The summed E-state index contributed by atoms with van der Waals surface area (Å²) in [6.45, 7) is 3.16. The summed E-state index contributed by atoms with van der Waals surface area (Å²) in [7, 11) is 0. The molecule has 1 saturated heterocycles. The van der Waals surface area contributed by atoms with E-state index in [2.05, 4.69) is 74.3 Å². The molecule has 4 heterocycles. The Balaban J connectivity index is 1.76. The molecule has 2 aromatic heterocycles. The molecule has 0 amide bonds. The number of benzene rings is 1. The molecule has 5 rings (SSSR count). The van der Waals surface area contributed by atoms with Gasteiger partial charge in [-0.3, -0.25) is 0 Å². The Morgan fingerprint density at radius 1 is 1.15 bits per heavy atom. The van der Waals surface area contributed by atoms with Crippen LogP contribution in [-0.4, -0.2) is 27.1 Å². The van der Waals surface area contributed by atoms with Crippen LogP contribution in [0.1, 0.15) is 30.1 Å². The van der Waals surface area contributed by atoms with Gasteiger partial charge in [0.2, 0.25) is 0 Å². The summed E-state index contributed by atoms with van der Waals surface area (Å²) < 4.78 is 2.15. The molecule has 6 heteroatoms. The van der Waals surface area contributed by atoms with Gasteiger partial charge in [-0.15, -0.1) is 0 Å². The summed E-state index contributed by atoms with van der Waals surface area (Å²) >= 11 is 6.50. The number of nitrogens with one attached hydrogen (secondary N) is 1. The van der Waals surface area contributed by atoms with Gasteiger partial charge in [-0.2, -0.15) is 0 Å². The van der Waals surface area contributed by atoms with Gasteiger partial charge in [0, 0.05) is 23.6 Å². The summed E-state index contributed by atoms with van der Waals surface area (Å²) in [5.41, 5.74) is 4.43. The quantitative estimate of drug-likeness (QED) is 0.692. The van der Waals surface area contributed by atoms with E-state index in [1.165, 1.54) is 17.7 Å². The highest BCUT2D eigenvalue weighted by Crippen LogP contribution is 2.46. The number of hydrogen-bond acceptors (Lipinski definition) is 4. The lowest BCUT2D eigenvalue weighted by Crippen LogP contribution is -2.42. The highest BCUT2D eigenvalue weighted by atomic mass is 35.5. The van der Waals surface area contributed by atoms with Crippen molar-refractivity contribution in [3.8, 4) is 5.69 Å². The number of anilines is 2. The van der Waals surface area contributed by atoms with Crippen LogP contribution in [0.25, 0.3) is 5.69 Å². The van der Waals surface area contributed by atoms with Gasteiger partial charge in [0.1, 0.15) is 12.0 Å². The molecule has 2 aliphatic heterocycles. The zero-order chi connectivity index (χ0) is 17.7. The first-order chi connectivity index (χ1) is 12.7. The molecule has 2 atom stereocenters. The van der Waals surface area contributed by atoms with Crippen molar-refractivity contribution < 1.29 is 0 Å². The number of fused-ring (bicyclic) bond motifs is 3. The number of rotatable bonds is 2. The van der Waals surface area contributed by atoms with Crippen molar-refractivity contribution in [2.24, 2.45) is 0 Å². The van der Waals surface area contributed by atoms with Gasteiger partial charge in [-0.05, 0) is 50.6 Å². The average Bonchev–Trinajstić information content (AvgIpc) is 3.33. The van der Waals surface area contributed by atoms with Crippen molar-refractivity contribution >= 4 is 23.1 Å². The highest BCUT2D eigenvalue weighted by molar-refractivity contribution is 6.31. The molecule has 0 saturated carbocycles. The third-order valence-corrected chi connectivity index (χ3v) is 5.66. The molecule has 0 aliphatic carbocycles. The lowest BCUT2D eigenvalue weighted by Gasteiger charge is -2.41. The van der Waals surface area contributed by atoms with E-state index in [-0.39, 0.29) is 6.04 Å². The van der Waals surface area contributed by atoms with Crippen LogP contribution in [0.15, 0.2) is 48.9 Å². The number of hydrogen-bond donors (Lipinski definition) is 1. The zero-order valence-corrected chi connectivity index (χ0v) is 15.3. The van der Waals surface area contributed by atoms with Crippen molar-refractivity contribution in [3.05, 3.63) is 65.3 Å². The Hall–Kier alpha value is -2.37. The van der Waals surface area contributed by atoms with Gasteiger partial charge in [0.05, 0.1) is 6.04 Å². The second-order valence-electron chi connectivity index (χ2n) is 6.99. The highest BCUT2D eigenvalue weighted by Gasteiger charge is 2.40. The van der Waals surface area contributed by atoms with E-state index in [0.717, 1.165) is 30.2 Å². The minimum atomic E-state index is 0.161. The van der Waals surface area contributed by atoms with E-state index in [0.29, 0.717) is 11.2 Å². The largest absolute Gasteiger partial charge is 0.314 e. The normalized spacial score (nSPS) is 21.5. The molecular formula is C20H20ClN5. The minimum absolute atomic E-state index is 0.161. The maximum absolute atomic E-state index is 6.50. The molecule has 2 aliphatic rings. The molecule has 1 N–H and O–H groups in total. The maximum atomic E-state index is 6.50. The maximum Gasteiger partial charge on any atom is 0.163 e. The Kier molecular flexibility index (Phi) is 3.72. The fourth-order valence-corrected chi connectivity index (χ4v) is 4.41. The number of nitrogens with zero attached hydrogens (tertiary/aromatic N) is 4. The van der Waals surface area contributed by atoms with Crippen LogP contribution in [0, 0.1) is 6.92 Å². The third kappa shape index (κ3) is 2.35. The van der Waals surface area contributed by atoms with Crippen LogP contribution in [0.2, 0.25) is 5.15 Å². The average molecular weight is 366 g/mol. The van der Waals surface area contributed by atoms with Gasteiger partial charge in [-0.1, -0.05) is 29.3 Å². The molecule has 0 spiro atoms. The zero-order valence-electron chi connectivity index (χ0n) is 14.6. The predicted octanol–water partition coefficient (Wildman–Crippen LogP) is 4.17. The molecule has 1 fully saturated rings. The van der Waals surface area contributed by atoms with Gasteiger partial charge in [0.15, 0.2) is 11.0 Å². The summed E-state index contributed by atoms with van der Waals surface area (Å²) in [6.07, 6.45) is 5.95. The van der Waals surface area contributed by atoms with E-state index in [4.69, 9.17) is 11.6 Å². The Bertz CT molecular complexity index is 943. The van der Waals surface area contributed by atoms with Gasteiger partial charge < -0.3 is 14.8 Å². The SMILES string of the molecule is Cc1ccc(N2c3ncnc(Cl)c3-n3cccc3[C@@H]2[C@@H]2CCCN2)cc1. The summed E-state index contributed by atoms with van der Waals surface area (Å²) in [4.78, 5) is 11.2. The minimum Gasteiger partial charge on any atom is -0.314 e. The van der Waals surface area contributed by atoms with Crippen molar-refractivity contribution in [2.75, 3.05) is 11.4 Å². The van der Waals surface area contributed by atoms with Gasteiger partial charge >= 0.3 is 0 Å². The molecule has 1 aromatic carbocycles. The van der Waals surface area contributed by atoms with Crippen molar-refractivity contribution in [2.45, 2.75) is 31.8 Å². The predicted molar refractivity (Wildman–Crippen MR) is 103 cm³/mol. The smallest absolute Gasteiger partial charge is 0.163 e. The summed E-state index contributed by atoms with van der Waals surface area (Å²) in [6, 6.07) is 13.4. The van der Waals surface area contributed by atoms with Gasteiger partial charge in [0.25, 0.3) is 0 Å². The summed E-state index contributed by atoms with van der Waals surface area (Å²) in [5, 5.41) is 4.16.